The Bertz CT molecular complexity index is 722. The summed E-state index contributed by atoms with van der Waals surface area (Å²) >= 11 is 0. The predicted octanol–water partition coefficient (Wildman–Crippen LogP) is 0.464. The van der Waals surface area contributed by atoms with Crippen molar-refractivity contribution in [3.63, 3.8) is 0 Å². The number of hydrazone groups is 1. The Kier molecular flexibility index (Phi) is 3.93. The number of hydrogen-bond acceptors (Lipinski definition) is 6. The van der Waals surface area contributed by atoms with E-state index in [4.69, 9.17) is 0 Å². The largest absolute Gasteiger partial charge is 0.868 e. The molecule has 0 bridgehead atoms. The van der Waals surface area contributed by atoms with E-state index in [1.807, 2.05) is 0 Å². The SMILES string of the molecule is Cc1cc(C(=O)N/N=C\c2ccc([O-])c([N+](=O)[O-])c2)n[nH]1. The van der Waals surface area contributed by atoms with Gasteiger partial charge in [0.25, 0.3) is 11.6 Å². The van der Waals surface area contributed by atoms with Crippen LogP contribution in [-0.2, 0) is 0 Å². The van der Waals surface area contributed by atoms with Crippen molar-refractivity contribution < 1.29 is 14.8 Å². The molecule has 2 N–H and O–H groups in total. The van der Waals surface area contributed by atoms with Crippen molar-refractivity contribution in [1.82, 2.24) is 15.6 Å². The second kappa shape index (κ2) is 5.82. The van der Waals surface area contributed by atoms with Crippen molar-refractivity contribution >= 4 is 17.8 Å². The number of aryl methyl sites for hydroxylation is 1. The number of hydrogen-bond donors (Lipinski definition) is 2. The third kappa shape index (κ3) is 3.41. The molecule has 0 spiro atoms. The van der Waals surface area contributed by atoms with E-state index in [2.05, 4.69) is 20.7 Å². The molecule has 0 fully saturated rings. The molecule has 0 aliphatic heterocycles. The van der Waals surface area contributed by atoms with Crippen LogP contribution in [-0.4, -0.2) is 27.2 Å². The first-order chi connectivity index (χ1) is 9.97. The molecule has 21 heavy (non-hydrogen) atoms. The highest BCUT2D eigenvalue weighted by atomic mass is 16.6. The molecule has 0 radical (unpaired) electrons. The molecule has 0 saturated carbocycles. The van der Waals surface area contributed by atoms with Crippen LogP contribution in [0.25, 0.3) is 0 Å². The van der Waals surface area contributed by atoms with Gasteiger partial charge in [0.15, 0.2) is 5.69 Å². The second-order valence-corrected chi connectivity index (χ2v) is 4.12. The van der Waals surface area contributed by atoms with E-state index < -0.39 is 22.3 Å². The van der Waals surface area contributed by atoms with Gasteiger partial charge in [-0.25, -0.2) is 5.43 Å². The fourth-order valence-electron chi connectivity index (χ4n) is 1.51. The number of amides is 1. The van der Waals surface area contributed by atoms with Crippen LogP contribution in [0.2, 0.25) is 0 Å². The van der Waals surface area contributed by atoms with Gasteiger partial charge in [0, 0.05) is 17.3 Å². The maximum atomic E-state index is 11.6. The zero-order valence-corrected chi connectivity index (χ0v) is 10.9. The minimum absolute atomic E-state index is 0.172. The monoisotopic (exact) mass is 288 g/mol. The standard InChI is InChI=1S/C12H11N5O4/c1-7-4-9(15-14-7)12(19)16-13-6-8-2-3-11(18)10(5-8)17(20)21/h2-6,18H,1H3,(H,14,15)(H,16,19)/p-1/b13-6-. The fourth-order valence-corrected chi connectivity index (χ4v) is 1.51. The highest BCUT2D eigenvalue weighted by Gasteiger charge is 2.08. The maximum absolute atomic E-state index is 11.6. The lowest BCUT2D eigenvalue weighted by atomic mass is 10.2. The summed E-state index contributed by atoms with van der Waals surface area (Å²) in [6.07, 6.45) is 1.20. The third-order valence-electron chi connectivity index (χ3n) is 2.50. The molecule has 9 nitrogen and oxygen atoms in total. The van der Waals surface area contributed by atoms with Gasteiger partial charge < -0.3 is 5.11 Å². The molecule has 2 aromatic rings. The minimum Gasteiger partial charge on any atom is -0.868 e. The summed E-state index contributed by atoms with van der Waals surface area (Å²) < 4.78 is 0. The van der Waals surface area contributed by atoms with Crippen LogP contribution in [0.15, 0.2) is 29.4 Å². The molecule has 0 saturated heterocycles. The van der Waals surface area contributed by atoms with Crippen molar-refractivity contribution in [2.45, 2.75) is 6.92 Å². The number of nitrogens with zero attached hydrogens (tertiary/aromatic N) is 3. The average Bonchev–Trinajstić information content (AvgIpc) is 2.87. The zero-order valence-electron chi connectivity index (χ0n) is 10.9. The Morgan fingerprint density at radius 1 is 1.48 bits per heavy atom. The van der Waals surface area contributed by atoms with Gasteiger partial charge in [-0.1, -0.05) is 12.1 Å². The quantitative estimate of drug-likeness (QED) is 0.478. The number of aromatic amines is 1. The van der Waals surface area contributed by atoms with Crippen molar-refractivity contribution in [2.75, 3.05) is 0 Å². The van der Waals surface area contributed by atoms with E-state index >= 15 is 0 Å². The second-order valence-electron chi connectivity index (χ2n) is 4.12. The first kappa shape index (κ1) is 14.2. The van der Waals surface area contributed by atoms with Gasteiger partial charge in [0.2, 0.25) is 0 Å². The molecule has 1 amide bonds. The normalized spacial score (nSPS) is 10.7. The lowest BCUT2D eigenvalue weighted by Crippen LogP contribution is -2.18. The Balaban J connectivity index is 2.06. The van der Waals surface area contributed by atoms with Crippen LogP contribution in [0.4, 0.5) is 5.69 Å². The van der Waals surface area contributed by atoms with Gasteiger partial charge >= 0.3 is 0 Å². The predicted molar refractivity (Wildman–Crippen MR) is 70.9 cm³/mol. The Labute approximate surface area is 118 Å². The number of nitro benzene ring substituents is 1. The molecule has 9 heteroatoms. The summed E-state index contributed by atoms with van der Waals surface area (Å²) in [5.74, 6) is -1.21. The summed E-state index contributed by atoms with van der Waals surface area (Å²) in [6.45, 7) is 1.75. The van der Waals surface area contributed by atoms with Crippen LogP contribution < -0.4 is 10.5 Å². The summed E-state index contributed by atoms with van der Waals surface area (Å²) in [6, 6.07) is 5.06. The number of aromatic nitrogens is 2. The summed E-state index contributed by atoms with van der Waals surface area (Å²) in [5, 5.41) is 31.9. The van der Waals surface area contributed by atoms with E-state index in [1.165, 1.54) is 12.3 Å². The number of nitro groups is 1. The molecule has 0 atom stereocenters. The van der Waals surface area contributed by atoms with Crippen LogP contribution >= 0.6 is 0 Å². The smallest absolute Gasteiger partial charge is 0.291 e. The molecular formula is C12H10N5O4-. The maximum Gasteiger partial charge on any atom is 0.291 e. The summed E-state index contributed by atoms with van der Waals surface area (Å²) in [5.41, 5.74) is 2.89. The summed E-state index contributed by atoms with van der Waals surface area (Å²) in [4.78, 5) is 21.5. The first-order valence-corrected chi connectivity index (χ1v) is 5.78. The van der Waals surface area contributed by atoms with Gasteiger partial charge in [-0.2, -0.15) is 10.2 Å². The Morgan fingerprint density at radius 2 is 2.24 bits per heavy atom. The number of H-pyrrole nitrogens is 1. The van der Waals surface area contributed by atoms with E-state index in [0.717, 1.165) is 17.8 Å². The van der Waals surface area contributed by atoms with Crippen LogP contribution in [0, 0.1) is 17.0 Å². The lowest BCUT2D eigenvalue weighted by Gasteiger charge is -2.05. The third-order valence-corrected chi connectivity index (χ3v) is 2.50. The number of nitrogens with one attached hydrogen (secondary N) is 2. The highest BCUT2D eigenvalue weighted by molar-refractivity contribution is 5.93. The zero-order chi connectivity index (χ0) is 15.4. The van der Waals surface area contributed by atoms with Gasteiger partial charge in [0.05, 0.1) is 11.1 Å². The van der Waals surface area contributed by atoms with Crippen molar-refractivity contribution in [2.24, 2.45) is 5.10 Å². The molecule has 0 unspecified atom stereocenters. The van der Waals surface area contributed by atoms with Crippen molar-refractivity contribution in [1.29, 1.82) is 0 Å². The van der Waals surface area contributed by atoms with Crippen molar-refractivity contribution in [3.8, 4) is 5.75 Å². The van der Waals surface area contributed by atoms with Gasteiger partial charge in [0.1, 0.15) is 0 Å². The van der Waals surface area contributed by atoms with Gasteiger partial charge in [-0.15, -0.1) is 0 Å². The number of carbonyl (C=O) groups excluding carboxylic acids is 1. The molecule has 1 aromatic heterocycles. The molecule has 1 heterocycles. The molecule has 0 aliphatic carbocycles. The van der Waals surface area contributed by atoms with E-state index in [0.29, 0.717) is 5.56 Å². The average molecular weight is 288 g/mol. The van der Waals surface area contributed by atoms with Crippen LogP contribution in [0.1, 0.15) is 21.7 Å². The molecule has 1 aromatic carbocycles. The van der Waals surface area contributed by atoms with Crippen molar-refractivity contribution in [3.05, 3.63) is 51.3 Å². The van der Waals surface area contributed by atoms with E-state index in [9.17, 15) is 20.0 Å². The minimum atomic E-state index is -0.773. The van der Waals surface area contributed by atoms with Gasteiger partial charge in [-0.3, -0.25) is 20.0 Å². The Morgan fingerprint density at radius 3 is 2.86 bits per heavy atom. The lowest BCUT2D eigenvalue weighted by molar-refractivity contribution is -0.398. The number of rotatable bonds is 4. The fraction of sp³-hybridized carbons (Fsp3) is 0.0833. The molecule has 2 rings (SSSR count). The summed E-state index contributed by atoms with van der Waals surface area (Å²) in [7, 11) is 0. The first-order valence-electron chi connectivity index (χ1n) is 5.78. The Hall–Kier alpha value is -3.23. The van der Waals surface area contributed by atoms with E-state index in [-0.39, 0.29) is 5.69 Å². The number of benzene rings is 1. The number of carbonyl (C=O) groups is 1. The molecule has 108 valence electrons. The topological polar surface area (TPSA) is 136 Å². The molecule has 0 aliphatic rings. The van der Waals surface area contributed by atoms with Crippen LogP contribution in [0.5, 0.6) is 5.75 Å². The van der Waals surface area contributed by atoms with Gasteiger partial charge in [-0.05, 0) is 18.7 Å². The highest BCUT2D eigenvalue weighted by Crippen LogP contribution is 2.22. The van der Waals surface area contributed by atoms with Crippen LogP contribution in [0.3, 0.4) is 0 Å². The van der Waals surface area contributed by atoms with E-state index in [1.54, 1.807) is 13.0 Å². The molecular weight excluding hydrogens is 278 g/mol.